The van der Waals surface area contributed by atoms with Crippen molar-refractivity contribution in [3.8, 4) is 0 Å². The number of ketones is 2. The van der Waals surface area contributed by atoms with Crippen LogP contribution in [0.2, 0.25) is 0 Å². The summed E-state index contributed by atoms with van der Waals surface area (Å²) in [7, 11) is -1.52. The van der Waals surface area contributed by atoms with E-state index in [4.69, 9.17) is 8.57 Å². The molecule has 4 aromatic carbocycles. The van der Waals surface area contributed by atoms with Crippen molar-refractivity contribution in [3.63, 3.8) is 0 Å². The van der Waals surface area contributed by atoms with Gasteiger partial charge in [0.1, 0.15) is 38.3 Å². The molecular weight excluding hydrogens is 717 g/mol. The van der Waals surface area contributed by atoms with Gasteiger partial charge in [-0.15, -0.1) is 0 Å². The molecule has 2 fully saturated rings. The Hall–Kier alpha value is -4.07. The fourth-order valence-corrected chi connectivity index (χ4v) is 10.0. The number of likely N-dealkylation sites (tertiary alicyclic amines) is 2. The van der Waals surface area contributed by atoms with E-state index in [1.54, 1.807) is 62.6 Å². The number of carbonyl (C=O) groups excluding carboxylic acids is 2. The number of quaternary nitrogens is 2. The van der Waals surface area contributed by atoms with Crippen LogP contribution >= 0.6 is 0 Å². The van der Waals surface area contributed by atoms with E-state index in [1.807, 2.05) is 72.8 Å². The fourth-order valence-electron chi connectivity index (χ4n) is 8.72. The molecule has 2 aliphatic rings. The van der Waals surface area contributed by atoms with Crippen LogP contribution in [0.1, 0.15) is 108 Å². The molecule has 0 aromatic heterocycles. The number of piperidine rings is 2. The van der Waals surface area contributed by atoms with Crippen molar-refractivity contribution in [2.24, 2.45) is 0 Å². The summed E-state index contributed by atoms with van der Waals surface area (Å²) < 4.78 is 40.8. The highest BCUT2D eigenvalue weighted by Gasteiger charge is 2.55. The van der Waals surface area contributed by atoms with Crippen LogP contribution in [-0.2, 0) is 19.0 Å². The van der Waals surface area contributed by atoms with Crippen LogP contribution in [0.4, 0.5) is 0 Å². The molecule has 2 saturated heterocycles. The van der Waals surface area contributed by atoms with Crippen LogP contribution < -0.4 is 0 Å². The van der Waals surface area contributed by atoms with Gasteiger partial charge < -0.3 is 10.2 Å². The summed E-state index contributed by atoms with van der Waals surface area (Å²) in [4.78, 5) is 27.3. The zero-order valence-corrected chi connectivity index (χ0v) is 32.5. The molecule has 0 spiro atoms. The molecule has 2 aliphatic heterocycles. The first-order valence-electron chi connectivity index (χ1n) is 19.4. The van der Waals surface area contributed by atoms with Crippen molar-refractivity contribution in [2.75, 3.05) is 14.1 Å². The summed E-state index contributed by atoms with van der Waals surface area (Å²) in [5.41, 5.74) is 2.45. The van der Waals surface area contributed by atoms with Gasteiger partial charge >= 0.3 is 10.4 Å². The van der Waals surface area contributed by atoms with E-state index in [0.717, 1.165) is 0 Å². The fraction of sp³-hybridized carbons (Fsp3) is 0.409. The first kappa shape index (κ1) is 40.6. The van der Waals surface area contributed by atoms with Crippen molar-refractivity contribution >= 4 is 22.0 Å². The minimum atomic E-state index is -4.87. The second-order valence-electron chi connectivity index (χ2n) is 15.5. The predicted molar refractivity (Wildman–Crippen MR) is 209 cm³/mol. The Morgan fingerprint density at radius 2 is 0.873 bits per heavy atom. The van der Waals surface area contributed by atoms with Gasteiger partial charge in [-0.3, -0.25) is 9.59 Å². The van der Waals surface area contributed by atoms with Crippen LogP contribution in [0.5, 0.6) is 0 Å². The number of hydrogen-bond donors (Lipinski definition) is 2. The summed E-state index contributed by atoms with van der Waals surface area (Å²) in [6.45, 7) is 0. The number of hydroxylamine groups is 6. The Balaban J connectivity index is 1.33. The zero-order valence-electron chi connectivity index (χ0n) is 31.7. The molecule has 11 heteroatoms. The van der Waals surface area contributed by atoms with Gasteiger partial charge in [-0.1, -0.05) is 121 Å². The van der Waals surface area contributed by atoms with Gasteiger partial charge in [0.2, 0.25) is 0 Å². The minimum Gasteiger partial charge on any atom is -0.388 e. The van der Waals surface area contributed by atoms with E-state index >= 15 is 0 Å². The zero-order chi connectivity index (χ0) is 39.1. The molecule has 2 N–H and O–H groups in total. The van der Waals surface area contributed by atoms with E-state index < -0.39 is 56.1 Å². The van der Waals surface area contributed by atoms with Crippen molar-refractivity contribution in [1.29, 1.82) is 0 Å². The van der Waals surface area contributed by atoms with Crippen LogP contribution in [0.25, 0.3) is 0 Å². The summed E-state index contributed by atoms with van der Waals surface area (Å²) in [6.07, 6.45) is 2.23. The van der Waals surface area contributed by atoms with Crippen LogP contribution in [0, 0.1) is 0 Å². The summed E-state index contributed by atoms with van der Waals surface area (Å²) in [5, 5.41) is 22.8. The average molecular weight is 771 g/mol. The Morgan fingerprint density at radius 3 is 1.22 bits per heavy atom. The van der Waals surface area contributed by atoms with Crippen molar-refractivity contribution in [1.82, 2.24) is 0 Å². The largest absolute Gasteiger partial charge is 0.490 e. The highest BCUT2D eigenvalue weighted by molar-refractivity contribution is 7.81. The average Bonchev–Trinajstić information content (AvgIpc) is 3.19. The topological polar surface area (TPSA) is 127 Å². The van der Waals surface area contributed by atoms with Gasteiger partial charge in [-0.05, 0) is 32.5 Å². The second kappa shape index (κ2) is 17.8. The standard InChI is InChI=1S/C44H54N2O8S/c1-45(37(29-41(47)33-17-7-3-8-18-33)25-15-26-38(45)30-42(48)34-19-9-4-10-20-34)53-55(51,52)54-46(2)39(31-43(49)35-21-11-5-12-22-35)27-16-28-40(46)32-44(50)36-23-13-6-14-24-36/h3-14,17-24,37-41,43,47,49H,15-16,25-32H2,1-2H3/q+2. The molecule has 6 rings (SSSR count). The normalized spacial score (nSPS) is 26.8. The maximum atomic E-state index is 14.6. The molecule has 292 valence electrons. The van der Waals surface area contributed by atoms with Crippen LogP contribution in [0.3, 0.4) is 0 Å². The smallest absolute Gasteiger partial charge is 0.388 e. The first-order chi connectivity index (χ1) is 26.4. The van der Waals surface area contributed by atoms with Crippen molar-refractivity contribution < 1.29 is 46.1 Å². The summed E-state index contributed by atoms with van der Waals surface area (Å²) in [5.74, 6) is -0.267. The lowest BCUT2D eigenvalue weighted by molar-refractivity contribution is -1.12. The molecule has 10 nitrogen and oxygen atoms in total. The van der Waals surface area contributed by atoms with E-state index in [9.17, 15) is 28.2 Å². The third-order valence-corrected chi connectivity index (χ3v) is 13.0. The maximum Gasteiger partial charge on any atom is 0.490 e. The molecule has 0 aliphatic carbocycles. The van der Waals surface area contributed by atoms with Gasteiger partial charge in [-0.2, -0.15) is 17.7 Å². The molecule has 4 aromatic rings. The quantitative estimate of drug-likeness (QED) is 0.0881. The highest BCUT2D eigenvalue weighted by Crippen LogP contribution is 2.42. The molecule has 0 amide bonds. The van der Waals surface area contributed by atoms with Gasteiger partial charge in [0, 0.05) is 49.7 Å². The van der Waals surface area contributed by atoms with Crippen LogP contribution in [0.15, 0.2) is 121 Å². The molecule has 55 heavy (non-hydrogen) atoms. The van der Waals surface area contributed by atoms with E-state index in [2.05, 4.69) is 0 Å². The van der Waals surface area contributed by atoms with Gasteiger partial charge in [0.05, 0.1) is 25.0 Å². The molecule has 8 atom stereocenters. The number of Topliss-reactive ketones (excluding diaryl/α,β-unsaturated/α-hetero) is 2. The monoisotopic (exact) mass is 770 g/mol. The lowest BCUT2D eigenvalue weighted by Gasteiger charge is -2.48. The molecule has 2 heterocycles. The van der Waals surface area contributed by atoms with E-state index in [1.165, 1.54) is 0 Å². The third kappa shape index (κ3) is 9.85. The SMILES string of the molecule is C[N+]1(OS(=O)(=O)O[N+]2(C)C(CC(=O)c3ccccc3)CCCC2CC(O)c2ccccc2)C(CC(=O)c2ccccc2)CCCC1CC(O)c1ccccc1. The number of carbonyl (C=O) groups is 2. The Labute approximate surface area is 325 Å². The maximum absolute atomic E-state index is 14.6. The number of aliphatic hydroxyl groups is 2. The lowest BCUT2D eigenvalue weighted by Crippen LogP contribution is -2.65. The Morgan fingerprint density at radius 1 is 0.564 bits per heavy atom. The number of nitrogens with zero attached hydrogens (tertiary/aromatic N) is 2. The molecule has 8 unspecified atom stereocenters. The van der Waals surface area contributed by atoms with E-state index in [-0.39, 0.29) is 37.2 Å². The summed E-state index contributed by atoms with van der Waals surface area (Å²) in [6, 6.07) is 34.1. The minimum absolute atomic E-state index is 0.0280. The molecule has 0 bridgehead atoms. The van der Waals surface area contributed by atoms with Gasteiger partial charge in [-0.25, -0.2) is 0 Å². The number of hydrogen-bond acceptors (Lipinski definition) is 8. The van der Waals surface area contributed by atoms with Crippen molar-refractivity contribution in [3.05, 3.63) is 144 Å². The molecular formula is C44H54N2O8S+2. The molecule has 0 saturated carbocycles. The third-order valence-electron chi connectivity index (χ3n) is 11.9. The number of aliphatic hydroxyl groups excluding tert-OH is 2. The first-order valence-corrected chi connectivity index (χ1v) is 20.7. The molecule has 0 radical (unpaired) electrons. The van der Waals surface area contributed by atoms with Gasteiger partial charge in [0.15, 0.2) is 11.6 Å². The predicted octanol–water partition coefficient (Wildman–Crippen LogP) is 7.62. The highest BCUT2D eigenvalue weighted by atomic mass is 32.3. The van der Waals surface area contributed by atoms with Crippen molar-refractivity contribution in [2.45, 2.75) is 101 Å². The van der Waals surface area contributed by atoms with E-state index in [0.29, 0.717) is 60.8 Å². The lowest BCUT2D eigenvalue weighted by atomic mass is 9.87. The van der Waals surface area contributed by atoms with Crippen LogP contribution in [-0.4, -0.2) is 77.8 Å². The summed E-state index contributed by atoms with van der Waals surface area (Å²) >= 11 is 0. The second-order valence-corrected chi connectivity index (χ2v) is 16.6. The Bertz CT molecular complexity index is 1830. The number of benzene rings is 4. The van der Waals surface area contributed by atoms with Gasteiger partial charge in [0.25, 0.3) is 0 Å². The number of rotatable bonds is 16. The Kier molecular flexibility index (Phi) is 13.1.